The standard InChI is InChI=1S/C21H24N4O/c1-15-13-23-25(14-15)12-6-11-22-21(26)20-16-7-2-4-9-18(16)24-19-10-5-3-8-17(19)20/h2,4,7,9,13-14H,3,5-6,8,10-12H2,1H3,(H,22,26). The van der Waals surface area contributed by atoms with Crippen LogP contribution in [-0.2, 0) is 19.4 Å². The van der Waals surface area contributed by atoms with Crippen molar-refractivity contribution in [2.45, 2.75) is 45.6 Å². The van der Waals surface area contributed by atoms with Gasteiger partial charge in [0.25, 0.3) is 5.91 Å². The van der Waals surface area contributed by atoms with E-state index in [0.717, 1.165) is 71.9 Å². The molecule has 2 aromatic heterocycles. The minimum absolute atomic E-state index is 0.0263. The molecule has 0 bridgehead atoms. The fourth-order valence-electron chi connectivity index (χ4n) is 3.75. The molecule has 134 valence electrons. The molecule has 5 heteroatoms. The third-order valence-corrected chi connectivity index (χ3v) is 5.01. The number of benzene rings is 1. The zero-order valence-electron chi connectivity index (χ0n) is 15.2. The predicted octanol–water partition coefficient (Wildman–Crippen LogP) is 3.44. The first kappa shape index (κ1) is 16.8. The monoisotopic (exact) mass is 348 g/mol. The van der Waals surface area contributed by atoms with Crippen LogP contribution in [0.4, 0.5) is 0 Å². The Morgan fingerprint density at radius 2 is 2.08 bits per heavy atom. The van der Waals surface area contributed by atoms with Gasteiger partial charge in [-0.3, -0.25) is 14.5 Å². The highest BCUT2D eigenvalue weighted by Crippen LogP contribution is 2.29. The summed E-state index contributed by atoms with van der Waals surface area (Å²) in [5.41, 5.74) is 5.16. The average molecular weight is 348 g/mol. The lowest BCUT2D eigenvalue weighted by Gasteiger charge is -2.20. The largest absolute Gasteiger partial charge is 0.352 e. The number of fused-ring (bicyclic) bond motifs is 2. The van der Waals surface area contributed by atoms with Gasteiger partial charge in [-0.15, -0.1) is 0 Å². The molecule has 0 spiro atoms. The number of hydrogen-bond donors (Lipinski definition) is 1. The van der Waals surface area contributed by atoms with Crippen LogP contribution in [0, 0.1) is 6.92 Å². The number of nitrogens with zero attached hydrogens (tertiary/aromatic N) is 3. The van der Waals surface area contributed by atoms with Gasteiger partial charge in [0, 0.05) is 30.4 Å². The number of pyridine rings is 1. The Kier molecular flexibility index (Phi) is 4.69. The van der Waals surface area contributed by atoms with Crippen molar-refractivity contribution >= 4 is 16.8 Å². The van der Waals surface area contributed by atoms with E-state index in [0.29, 0.717) is 6.54 Å². The Bertz CT molecular complexity index is 944. The van der Waals surface area contributed by atoms with E-state index in [9.17, 15) is 4.79 Å². The second-order valence-corrected chi connectivity index (χ2v) is 7.03. The van der Waals surface area contributed by atoms with Gasteiger partial charge in [-0.1, -0.05) is 18.2 Å². The van der Waals surface area contributed by atoms with E-state index >= 15 is 0 Å². The Balaban J connectivity index is 1.52. The molecule has 1 aromatic carbocycles. The van der Waals surface area contributed by atoms with Crippen LogP contribution in [0.1, 0.15) is 46.4 Å². The molecule has 1 aliphatic rings. The van der Waals surface area contributed by atoms with E-state index < -0.39 is 0 Å². The minimum atomic E-state index is 0.0263. The summed E-state index contributed by atoms with van der Waals surface area (Å²) in [5, 5.41) is 8.36. The molecule has 5 nitrogen and oxygen atoms in total. The highest BCUT2D eigenvalue weighted by molar-refractivity contribution is 6.07. The molecule has 0 radical (unpaired) electrons. The smallest absolute Gasteiger partial charge is 0.252 e. The first-order valence-corrected chi connectivity index (χ1v) is 9.40. The molecule has 0 unspecified atom stereocenters. The maximum absolute atomic E-state index is 13.0. The van der Waals surface area contributed by atoms with Crippen LogP contribution >= 0.6 is 0 Å². The lowest BCUT2D eigenvalue weighted by Crippen LogP contribution is -2.28. The SMILES string of the molecule is Cc1cnn(CCCNC(=O)c2c3c(nc4ccccc24)CCCC3)c1. The molecule has 1 amide bonds. The maximum Gasteiger partial charge on any atom is 0.252 e. The molecular formula is C21H24N4O. The normalized spacial score (nSPS) is 13.6. The van der Waals surface area contributed by atoms with Gasteiger partial charge in [0.05, 0.1) is 17.3 Å². The number of para-hydroxylation sites is 1. The minimum Gasteiger partial charge on any atom is -0.352 e. The van der Waals surface area contributed by atoms with Gasteiger partial charge >= 0.3 is 0 Å². The number of nitrogens with one attached hydrogen (secondary N) is 1. The number of aryl methyl sites for hydroxylation is 3. The van der Waals surface area contributed by atoms with Crippen molar-refractivity contribution in [3.8, 4) is 0 Å². The fraction of sp³-hybridized carbons (Fsp3) is 0.381. The number of hydrogen-bond acceptors (Lipinski definition) is 3. The second kappa shape index (κ2) is 7.28. The summed E-state index contributed by atoms with van der Waals surface area (Å²) in [6.07, 6.45) is 8.94. The Labute approximate surface area is 153 Å². The van der Waals surface area contributed by atoms with E-state index in [-0.39, 0.29) is 5.91 Å². The number of carbonyl (C=O) groups is 1. The summed E-state index contributed by atoms with van der Waals surface area (Å²) in [7, 11) is 0. The number of amides is 1. The molecule has 4 rings (SSSR count). The van der Waals surface area contributed by atoms with Crippen molar-refractivity contribution in [3.63, 3.8) is 0 Å². The molecule has 1 N–H and O–H groups in total. The lowest BCUT2D eigenvalue weighted by atomic mass is 9.89. The van der Waals surface area contributed by atoms with Crippen molar-refractivity contribution in [1.29, 1.82) is 0 Å². The Morgan fingerprint density at radius 1 is 1.23 bits per heavy atom. The zero-order chi connectivity index (χ0) is 17.9. The van der Waals surface area contributed by atoms with Crippen LogP contribution in [0.5, 0.6) is 0 Å². The number of rotatable bonds is 5. The van der Waals surface area contributed by atoms with Crippen molar-refractivity contribution in [1.82, 2.24) is 20.1 Å². The van der Waals surface area contributed by atoms with Crippen LogP contribution in [-0.4, -0.2) is 27.2 Å². The summed E-state index contributed by atoms with van der Waals surface area (Å²) < 4.78 is 1.92. The third-order valence-electron chi connectivity index (χ3n) is 5.01. The van der Waals surface area contributed by atoms with Gasteiger partial charge in [0.1, 0.15) is 0 Å². The summed E-state index contributed by atoms with van der Waals surface area (Å²) in [6, 6.07) is 7.98. The Morgan fingerprint density at radius 3 is 2.92 bits per heavy atom. The van der Waals surface area contributed by atoms with E-state index in [1.165, 1.54) is 0 Å². The predicted molar refractivity (Wildman–Crippen MR) is 102 cm³/mol. The molecule has 0 saturated carbocycles. The van der Waals surface area contributed by atoms with Crippen LogP contribution in [0.2, 0.25) is 0 Å². The van der Waals surface area contributed by atoms with Crippen LogP contribution in [0.3, 0.4) is 0 Å². The first-order valence-electron chi connectivity index (χ1n) is 9.40. The molecule has 0 atom stereocenters. The molecule has 1 aliphatic carbocycles. The molecule has 0 aliphatic heterocycles. The van der Waals surface area contributed by atoms with E-state index in [4.69, 9.17) is 4.98 Å². The molecule has 0 saturated heterocycles. The summed E-state index contributed by atoms with van der Waals surface area (Å²) >= 11 is 0. The average Bonchev–Trinajstić information content (AvgIpc) is 3.08. The molecule has 0 fully saturated rings. The van der Waals surface area contributed by atoms with Gasteiger partial charge < -0.3 is 5.32 Å². The van der Waals surface area contributed by atoms with Gasteiger partial charge in [0.15, 0.2) is 0 Å². The van der Waals surface area contributed by atoms with E-state index in [2.05, 4.69) is 10.4 Å². The van der Waals surface area contributed by atoms with Gasteiger partial charge in [-0.25, -0.2) is 0 Å². The third kappa shape index (κ3) is 3.34. The van der Waals surface area contributed by atoms with Crippen molar-refractivity contribution in [2.75, 3.05) is 6.54 Å². The maximum atomic E-state index is 13.0. The molecular weight excluding hydrogens is 324 g/mol. The van der Waals surface area contributed by atoms with Crippen molar-refractivity contribution in [2.24, 2.45) is 0 Å². The summed E-state index contributed by atoms with van der Waals surface area (Å²) in [5.74, 6) is 0.0263. The molecule has 26 heavy (non-hydrogen) atoms. The molecule has 3 aromatic rings. The van der Waals surface area contributed by atoms with Gasteiger partial charge in [0.2, 0.25) is 0 Å². The van der Waals surface area contributed by atoms with Crippen LogP contribution < -0.4 is 5.32 Å². The van der Waals surface area contributed by atoms with E-state index in [1.807, 2.05) is 48.3 Å². The first-order chi connectivity index (χ1) is 12.7. The van der Waals surface area contributed by atoms with Gasteiger partial charge in [-0.05, 0) is 56.2 Å². The van der Waals surface area contributed by atoms with Crippen LogP contribution in [0.25, 0.3) is 10.9 Å². The fourth-order valence-corrected chi connectivity index (χ4v) is 3.75. The quantitative estimate of drug-likeness (QED) is 0.719. The molecule has 2 heterocycles. The highest BCUT2D eigenvalue weighted by Gasteiger charge is 2.22. The number of aromatic nitrogens is 3. The Hall–Kier alpha value is -2.69. The van der Waals surface area contributed by atoms with Crippen LogP contribution in [0.15, 0.2) is 36.7 Å². The summed E-state index contributed by atoms with van der Waals surface area (Å²) in [6.45, 7) is 3.48. The van der Waals surface area contributed by atoms with Crippen molar-refractivity contribution in [3.05, 3.63) is 59.0 Å². The van der Waals surface area contributed by atoms with Crippen molar-refractivity contribution < 1.29 is 4.79 Å². The second-order valence-electron chi connectivity index (χ2n) is 7.03. The number of carbonyl (C=O) groups excluding carboxylic acids is 1. The topological polar surface area (TPSA) is 59.8 Å². The highest BCUT2D eigenvalue weighted by atomic mass is 16.1. The lowest BCUT2D eigenvalue weighted by molar-refractivity contribution is 0.0953. The zero-order valence-corrected chi connectivity index (χ0v) is 15.2. The van der Waals surface area contributed by atoms with Gasteiger partial charge in [-0.2, -0.15) is 5.10 Å². The van der Waals surface area contributed by atoms with E-state index in [1.54, 1.807) is 0 Å². The summed E-state index contributed by atoms with van der Waals surface area (Å²) in [4.78, 5) is 17.8.